The van der Waals surface area contributed by atoms with Gasteiger partial charge in [0.05, 0.1) is 12.8 Å². The van der Waals surface area contributed by atoms with E-state index in [0.717, 1.165) is 44.9 Å². The molecular formula is C31H51N5O9. The lowest BCUT2D eigenvalue weighted by molar-refractivity contribution is -0.144. The Hall–Kier alpha value is -3.71. The second-order valence-electron chi connectivity index (χ2n) is 12.7. The standard InChI is InChI=1S/C31H51N5O9/c1-5-19(4)26(35-27(40)20-11-7-6-8-12-20)30(43)33-21(16-24(37)36-13-9-10-14-36)28(41)32-22(17-25(38)39)29(42)34-23(31(44)45)15-18(2)3/h18-23,26H,5-17H2,1-4H3,(H,32,41)(H,33,43)(H,34,42)(H,35,40)(H,38,39)(H,44,45)/t19?,21-,22-,23-,26-/m0/s1. The van der Waals surface area contributed by atoms with Gasteiger partial charge in [-0.05, 0) is 43.9 Å². The molecule has 2 rings (SSSR count). The zero-order chi connectivity index (χ0) is 33.7. The molecule has 6 N–H and O–H groups in total. The normalized spacial score (nSPS) is 18.6. The highest BCUT2D eigenvalue weighted by atomic mass is 16.4. The molecule has 0 bridgehead atoms. The van der Waals surface area contributed by atoms with Crippen LogP contribution in [0.25, 0.3) is 0 Å². The zero-order valence-corrected chi connectivity index (χ0v) is 26.9. The molecule has 0 aromatic heterocycles. The second-order valence-corrected chi connectivity index (χ2v) is 12.7. The first-order valence-corrected chi connectivity index (χ1v) is 16.2. The van der Waals surface area contributed by atoms with E-state index in [4.69, 9.17) is 0 Å². The Labute approximate surface area is 264 Å². The van der Waals surface area contributed by atoms with Gasteiger partial charge in [-0.3, -0.25) is 28.8 Å². The molecular weight excluding hydrogens is 586 g/mol. The Kier molecular flexibility index (Phi) is 15.2. The molecule has 14 nitrogen and oxygen atoms in total. The van der Waals surface area contributed by atoms with Gasteiger partial charge in [0.25, 0.3) is 0 Å². The lowest BCUT2D eigenvalue weighted by Crippen LogP contribution is -2.60. The van der Waals surface area contributed by atoms with E-state index in [1.165, 1.54) is 0 Å². The maximum atomic E-state index is 13.6. The van der Waals surface area contributed by atoms with Crippen molar-refractivity contribution in [3.63, 3.8) is 0 Å². The lowest BCUT2D eigenvalue weighted by atomic mass is 9.88. The first-order valence-electron chi connectivity index (χ1n) is 16.2. The van der Waals surface area contributed by atoms with Crippen molar-refractivity contribution in [2.75, 3.05) is 13.1 Å². The molecule has 5 atom stereocenters. The van der Waals surface area contributed by atoms with Crippen molar-refractivity contribution < 1.29 is 43.8 Å². The average Bonchev–Trinajstić information content (AvgIpc) is 3.53. The van der Waals surface area contributed by atoms with Gasteiger partial charge in [0.2, 0.25) is 29.5 Å². The summed E-state index contributed by atoms with van der Waals surface area (Å²) in [5.41, 5.74) is 0. The number of nitrogens with one attached hydrogen (secondary N) is 4. The number of carbonyl (C=O) groups is 7. The van der Waals surface area contributed by atoms with Crippen molar-refractivity contribution in [2.45, 2.75) is 122 Å². The number of amides is 5. The van der Waals surface area contributed by atoms with Crippen LogP contribution < -0.4 is 21.3 Å². The van der Waals surface area contributed by atoms with Gasteiger partial charge < -0.3 is 36.4 Å². The Morgan fingerprint density at radius 2 is 1.24 bits per heavy atom. The van der Waals surface area contributed by atoms with E-state index in [1.54, 1.807) is 25.7 Å². The third-order valence-corrected chi connectivity index (χ3v) is 8.57. The minimum absolute atomic E-state index is 0.0708. The maximum Gasteiger partial charge on any atom is 0.326 e. The highest BCUT2D eigenvalue weighted by Crippen LogP contribution is 2.24. The predicted octanol–water partition coefficient (Wildman–Crippen LogP) is 1.17. The quantitative estimate of drug-likeness (QED) is 0.135. The SMILES string of the molecule is CCC(C)[C@H](NC(=O)C1CCCCC1)C(=O)N[C@@H](CC(=O)N1CCCC1)C(=O)N[C@@H](CC(=O)O)C(=O)N[C@@H](CC(C)C)C(=O)O. The molecule has 2 aliphatic rings. The van der Waals surface area contributed by atoms with E-state index < -0.39 is 72.6 Å². The summed E-state index contributed by atoms with van der Waals surface area (Å²) in [6, 6.07) is -5.48. The van der Waals surface area contributed by atoms with Crippen molar-refractivity contribution in [3.05, 3.63) is 0 Å². The number of hydrogen-bond acceptors (Lipinski definition) is 7. The molecule has 0 aromatic carbocycles. The summed E-state index contributed by atoms with van der Waals surface area (Å²) < 4.78 is 0. The molecule has 2 fully saturated rings. The second kappa shape index (κ2) is 18.3. The van der Waals surface area contributed by atoms with Crippen LogP contribution in [0, 0.1) is 17.8 Å². The summed E-state index contributed by atoms with van der Waals surface area (Å²) in [5, 5.41) is 29.0. The fourth-order valence-corrected chi connectivity index (χ4v) is 5.70. The molecule has 1 saturated carbocycles. The van der Waals surface area contributed by atoms with Gasteiger partial charge >= 0.3 is 11.9 Å². The van der Waals surface area contributed by atoms with Crippen molar-refractivity contribution >= 4 is 41.5 Å². The summed E-state index contributed by atoms with van der Waals surface area (Å²) in [4.78, 5) is 91.3. The van der Waals surface area contributed by atoms with Gasteiger partial charge in [0, 0.05) is 19.0 Å². The van der Waals surface area contributed by atoms with Gasteiger partial charge in [-0.25, -0.2) is 4.79 Å². The van der Waals surface area contributed by atoms with Crippen LogP contribution in [-0.2, 0) is 33.6 Å². The lowest BCUT2D eigenvalue weighted by Gasteiger charge is -2.30. The van der Waals surface area contributed by atoms with Crippen LogP contribution in [0.1, 0.15) is 98.3 Å². The van der Waals surface area contributed by atoms with Crippen LogP contribution in [0.15, 0.2) is 0 Å². The highest BCUT2D eigenvalue weighted by Gasteiger charge is 2.36. The van der Waals surface area contributed by atoms with E-state index in [0.29, 0.717) is 19.5 Å². The minimum Gasteiger partial charge on any atom is -0.481 e. The summed E-state index contributed by atoms with van der Waals surface area (Å²) in [6.45, 7) is 8.15. The molecule has 0 spiro atoms. The van der Waals surface area contributed by atoms with Gasteiger partial charge in [-0.2, -0.15) is 0 Å². The number of carbonyl (C=O) groups excluding carboxylic acids is 5. The molecule has 1 heterocycles. The fourth-order valence-electron chi connectivity index (χ4n) is 5.70. The van der Waals surface area contributed by atoms with E-state index in [2.05, 4.69) is 21.3 Å². The number of nitrogens with zero attached hydrogens (tertiary/aromatic N) is 1. The van der Waals surface area contributed by atoms with Crippen molar-refractivity contribution in [1.29, 1.82) is 0 Å². The Bertz CT molecular complexity index is 1070. The molecule has 1 unspecified atom stereocenters. The van der Waals surface area contributed by atoms with E-state index in [9.17, 15) is 43.8 Å². The number of aliphatic carboxylic acids is 2. The predicted molar refractivity (Wildman–Crippen MR) is 164 cm³/mol. The van der Waals surface area contributed by atoms with Gasteiger partial charge in [0.15, 0.2) is 0 Å². The number of rotatable bonds is 17. The summed E-state index contributed by atoms with van der Waals surface area (Å²) in [5.74, 6) is -6.69. The van der Waals surface area contributed by atoms with Crippen molar-refractivity contribution in [2.24, 2.45) is 17.8 Å². The van der Waals surface area contributed by atoms with Gasteiger partial charge in [-0.1, -0.05) is 53.4 Å². The van der Waals surface area contributed by atoms with Crippen LogP contribution in [0.3, 0.4) is 0 Å². The monoisotopic (exact) mass is 637 g/mol. The molecule has 1 aliphatic carbocycles. The molecule has 1 aliphatic heterocycles. The smallest absolute Gasteiger partial charge is 0.326 e. The maximum absolute atomic E-state index is 13.6. The molecule has 1 saturated heterocycles. The van der Waals surface area contributed by atoms with Gasteiger partial charge in [0.1, 0.15) is 24.2 Å². The Morgan fingerprint density at radius 1 is 0.711 bits per heavy atom. The minimum atomic E-state index is -1.68. The van der Waals surface area contributed by atoms with Crippen LogP contribution >= 0.6 is 0 Å². The first kappa shape index (κ1) is 37.5. The number of hydrogen-bond donors (Lipinski definition) is 6. The summed E-state index contributed by atoms with van der Waals surface area (Å²) in [6.07, 6.45) is 5.23. The zero-order valence-electron chi connectivity index (χ0n) is 26.9. The third kappa shape index (κ3) is 12.3. The molecule has 254 valence electrons. The largest absolute Gasteiger partial charge is 0.481 e. The molecule has 0 aromatic rings. The summed E-state index contributed by atoms with van der Waals surface area (Å²) in [7, 11) is 0. The fraction of sp³-hybridized carbons (Fsp3) is 0.774. The number of carboxylic acids is 2. The molecule has 14 heteroatoms. The van der Waals surface area contributed by atoms with E-state index in [-0.39, 0.29) is 30.1 Å². The van der Waals surface area contributed by atoms with E-state index >= 15 is 0 Å². The molecule has 45 heavy (non-hydrogen) atoms. The molecule has 5 amide bonds. The Balaban J connectivity index is 2.29. The van der Waals surface area contributed by atoms with Gasteiger partial charge in [-0.15, -0.1) is 0 Å². The third-order valence-electron chi connectivity index (χ3n) is 8.57. The average molecular weight is 638 g/mol. The topological polar surface area (TPSA) is 211 Å². The van der Waals surface area contributed by atoms with Crippen LogP contribution in [0.5, 0.6) is 0 Å². The van der Waals surface area contributed by atoms with Crippen LogP contribution in [-0.4, -0.2) is 93.8 Å². The summed E-state index contributed by atoms with van der Waals surface area (Å²) >= 11 is 0. The number of carboxylic acid groups (broad SMARTS) is 2. The Morgan fingerprint density at radius 3 is 1.76 bits per heavy atom. The van der Waals surface area contributed by atoms with Crippen molar-refractivity contribution in [1.82, 2.24) is 26.2 Å². The van der Waals surface area contributed by atoms with Crippen LogP contribution in [0.4, 0.5) is 0 Å². The van der Waals surface area contributed by atoms with Crippen LogP contribution in [0.2, 0.25) is 0 Å². The highest BCUT2D eigenvalue weighted by molar-refractivity contribution is 5.98. The number of likely N-dealkylation sites (tertiary alicyclic amines) is 1. The molecule has 0 radical (unpaired) electrons. The van der Waals surface area contributed by atoms with E-state index in [1.807, 2.05) is 6.92 Å². The van der Waals surface area contributed by atoms with Crippen molar-refractivity contribution in [3.8, 4) is 0 Å². The first-order chi connectivity index (χ1) is 21.2.